The molecule has 0 aliphatic carbocycles. The van der Waals surface area contributed by atoms with E-state index in [1.165, 1.54) is 100 Å². The molecule has 198 valence electrons. The van der Waals surface area contributed by atoms with E-state index >= 15 is 0 Å². The van der Waals surface area contributed by atoms with E-state index in [1.54, 1.807) is 0 Å². The smallest absolute Gasteiger partial charge is 0.223 e. The van der Waals surface area contributed by atoms with Gasteiger partial charge in [-0.1, -0.05) is 125 Å². The molecule has 0 unspecified atom stereocenters. The van der Waals surface area contributed by atoms with Gasteiger partial charge in [0.1, 0.15) is 0 Å². The van der Waals surface area contributed by atoms with Gasteiger partial charge in [-0.05, 0) is 59.8 Å². The molecular weight excluding hydrogens is 414 g/mol. The Hall–Kier alpha value is -1.31. The Morgan fingerprint density at radius 1 is 0.588 bits per heavy atom. The third-order valence-corrected chi connectivity index (χ3v) is 6.61. The molecule has 2 nitrogen and oxygen atoms in total. The Morgan fingerprint density at radius 3 is 1.53 bits per heavy atom. The van der Waals surface area contributed by atoms with Crippen LogP contribution in [-0.2, 0) is 4.79 Å². The highest BCUT2D eigenvalue weighted by atomic mass is 16.1. The van der Waals surface area contributed by atoms with Crippen molar-refractivity contribution in [2.75, 3.05) is 6.54 Å². The summed E-state index contributed by atoms with van der Waals surface area (Å²) in [7, 11) is 0. The van der Waals surface area contributed by atoms with Gasteiger partial charge >= 0.3 is 0 Å². The van der Waals surface area contributed by atoms with Gasteiger partial charge in [-0.15, -0.1) is 0 Å². The Labute approximate surface area is 214 Å². The van der Waals surface area contributed by atoms with Crippen LogP contribution >= 0.6 is 0 Å². The minimum absolute atomic E-state index is 0.169. The zero-order valence-electron chi connectivity index (χ0n) is 23.8. The minimum atomic E-state index is 0.169. The van der Waals surface area contributed by atoms with E-state index < -0.39 is 0 Å². The van der Waals surface area contributed by atoms with Crippen molar-refractivity contribution in [2.24, 2.45) is 0 Å². The predicted molar refractivity (Wildman–Crippen MR) is 153 cm³/mol. The first-order valence-electron chi connectivity index (χ1n) is 14.7. The van der Waals surface area contributed by atoms with Crippen molar-refractivity contribution in [1.29, 1.82) is 0 Å². The van der Waals surface area contributed by atoms with Crippen LogP contribution in [0.1, 0.15) is 157 Å². The second kappa shape index (κ2) is 24.8. The molecule has 0 spiro atoms. The Balaban J connectivity index is 3.54. The Kier molecular flexibility index (Phi) is 23.8. The zero-order chi connectivity index (χ0) is 25.3. The number of hydrogen-bond acceptors (Lipinski definition) is 1. The van der Waals surface area contributed by atoms with Crippen LogP contribution in [0.25, 0.3) is 0 Å². The normalized spacial score (nSPS) is 12.1. The number of nitrogens with one attached hydrogen (secondary N) is 1. The monoisotopic (exact) mass is 473 g/mol. The Morgan fingerprint density at radius 2 is 1.03 bits per heavy atom. The maximum absolute atomic E-state index is 12.1. The van der Waals surface area contributed by atoms with Crippen molar-refractivity contribution in [3.8, 4) is 0 Å². The maximum atomic E-state index is 12.1. The molecule has 2 heteroatoms. The lowest BCUT2D eigenvalue weighted by molar-refractivity contribution is -0.120. The predicted octanol–water partition coefficient (Wildman–Crippen LogP) is 10.4. The molecule has 0 aromatic carbocycles. The van der Waals surface area contributed by atoms with Gasteiger partial charge < -0.3 is 5.32 Å². The molecule has 0 aromatic rings. The molecule has 0 fully saturated rings. The maximum Gasteiger partial charge on any atom is 0.223 e. The first-order valence-corrected chi connectivity index (χ1v) is 14.7. The SMILES string of the molecule is CCCCCCCCCCCCCCCCNC(=O)C/C=C(\C)CC/C=C(\C)CCC=C(C)C. The van der Waals surface area contributed by atoms with Crippen LogP contribution in [0.4, 0.5) is 0 Å². The lowest BCUT2D eigenvalue weighted by atomic mass is 10.0. The number of carbonyl (C=O) groups is 1. The summed E-state index contributed by atoms with van der Waals surface area (Å²) in [6.07, 6.45) is 30.9. The first-order chi connectivity index (χ1) is 16.5. The quantitative estimate of drug-likeness (QED) is 0.116. The molecule has 0 saturated carbocycles. The lowest BCUT2D eigenvalue weighted by Crippen LogP contribution is -2.23. The van der Waals surface area contributed by atoms with E-state index in [1.807, 2.05) is 0 Å². The third-order valence-electron chi connectivity index (χ3n) is 6.61. The van der Waals surface area contributed by atoms with Crippen LogP contribution in [0.3, 0.4) is 0 Å². The standard InChI is InChI=1S/C32H59NO/c1-6-7-8-9-10-11-12-13-14-15-16-17-18-19-28-33-32(34)27-26-31(5)25-21-24-30(4)23-20-22-29(2)3/h22,24,26H,6-21,23,25,27-28H2,1-5H3,(H,33,34)/b30-24+,31-26+. The highest BCUT2D eigenvalue weighted by Crippen LogP contribution is 2.13. The Bertz CT molecular complexity index is 566. The number of amides is 1. The largest absolute Gasteiger partial charge is 0.356 e. The average molecular weight is 474 g/mol. The molecule has 1 N–H and O–H groups in total. The van der Waals surface area contributed by atoms with Crippen molar-refractivity contribution in [3.05, 3.63) is 34.9 Å². The number of rotatable bonds is 23. The summed E-state index contributed by atoms with van der Waals surface area (Å²) in [6.45, 7) is 11.8. The summed E-state index contributed by atoms with van der Waals surface area (Å²) in [5, 5.41) is 3.09. The van der Waals surface area contributed by atoms with Crippen LogP contribution in [-0.4, -0.2) is 12.5 Å². The fraction of sp³-hybridized carbons (Fsp3) is 0.781. The van der Waals surface area contributed by atoms with Crippen LogP contribution in [0.15, 0.2) is 34.9 Å². The molecule has 34 heavy (non-hydrogen) atoms. The van der Waals surface area contributed by atoms with E-state index in [-0.39, 0.29) is 5.91 Å². The molecule has 0 radical (unpaired) electrons. The summed E-state index contributed by atoms with van der Waals surface area (Å²) in [4.78, 5) is 12.1. The summed E-state index contributed by atoms with van der Waals surface area (Å²) >= 11 is 0. The fourth-order valence-corrected chi connectivity index (χ4v) is 4.23. The molecule has 0 aromatic heterocycles. The van der Waals surface area contributed by atoms with Crippen molar-refractivity contribution in [1.82, 2.24) is 5.32 Å². The highest BCUT2D eigenvalue weighted by molar-refractivity contribution is 5.77. The van der Waals surface area contributed by atoms with Crippen LogP contribution in [0, 0.1) is 0 Å². The van der Waals surface area contributed by atoms with Gasteiger partial charge in [0.25, 0.3) is 0 Å². The summed E-state index contributed by atoms with van der Waals surface area (Å²) in [6, 6.07) is 0. The van der Waals surface area contributed by atoms with Crippen LogP contribution in [0.5, 0.6) is 0 Å². The average Bonchev–Trinajstić information content (AvgIpc) is 2.80. The topological polar surface area (TPSA) is 29.1 Å². The van der Waals surface area contributed by atoms with Gasteiger partial charge in [-0.3, -0.25) is 4.79 Å². The number of unbranched alkanes of at least 4 members (excludes halogenated alkanes) is 13. The molecule has 0 rings (SSSR count). The van der Waals surface area contributed by atoms with Gasteiger partial charge in [0.05, 0.1) is 0 Å². The third kappa shape index (κ3) is 25.3. The lowest BCUT2D eigenvalue weighted by Gasteiger charge is -2.05. The van der Waals surface area contributed by atoms with Gasteiger partial charge in [-0.2, -0.15) is 0 Å². The molecule has 0 aliphatic heterocycles. The molecule has 1 amide bonds. The van der Waals surface area contributed by atoms with E-state index in [0.29, 0.717) is 6.42 Å². The summed E-state index contributed by atoms with van der Waals surface area (Å²) < 4.78 is 0. The van der Waals surface area contributed by atoms with Gasteiger partial charge in [0, 0.05) is 13.0 Å². The second-order valence-electron chi connectivity index (χ2n) is 10.6. The van der Waals surface area contributed by atoms with Crippen LogP contribution in [0.2, 0.25) is 0 Å². The molecule has 0 heterocycles. The van der Waals surface area contributed by atoms with Crippen molar-refractivity contribution in [3.63, 3.8) is 0 Å². The minimum Gasteiger partial charge on any atom is -0.356 e. The van der Waals surface area contributed by atoms with E-state index in [9.17, 15) is 4.79 Å². The molecule has 0 atom stereocenters. The highest BCUT2D eigenvalue weighted by Gasteiger charge is 1.99. The van der Waals surface area contributed by atoms with Crippen molar-refractivity contribution in [2.45, 2.75) is 157 Å². The van der Waals surface area contributed by atoms with E-state index in [4.69, 9.17) is 0 Å². The van der Waals surface area contributed by atoms with Crippen molar-refractivity contribution < 1.29 is 4.79 Å². The number of allylic oxidation sites excluding steroid dienone is 5. The van der Waals surface area contributed by atoms with Gasteiger partial charge in [-0.25, -0.2) is 0 Å². The molecule has 0 bridgehead atoms. The number of carbonyl (C=O) groups excluding carboxylic acids is 1. The van der Waals surface area contributed by atoms with Gasteiger partial charge in [0.15, 0.2) is 0 Å². The summed E-state index contributed by atoms with van der Waals surface area (Å²) in [5.74, 6) is 0.169. The zero-order valence-corrected chi connectivity index (χ0v) is 23.8. The van der Waals surface area contributed by atoms with E-state index in [2.05, 4.69) is 58.2 Å². The first kappa shape index (κ1) is 32.7. The summed E-state index contributed by atoms with van der Waals surface area (Å²) in [5.41, 5.74) is 4.19. The second-order valence-corrected chi connectivity index (χ2v) is 10.6. The molecule has 0 saturated heterocycles. The molecule has 0 aliphatic rings. The fourth-order valence-electron chi connectivity index (χ4n) is 4.23. The van der Waals surface area contributed by atoms with Crippen LogP contribution < -0.4 is 5.32 Å². The number of hydrogen-bond donors (Lipinski definition) is 1. The van der Waals surface area contributed by atoms with E-state index in [0.717, 1.165) is 38.6 Å². The van der Waals surface area contributed by atoms with Gasteiger partial charge in [0.2, 0.25) is 5.91 Å². The van der Waals surface area contributed by atoms with Crippen molar-refractivity contribution >= 4 is 5.91 Å². The molecular formula is C32H59NO.